The Morgan fingerprint density at radius 2 is 1.95 bits per heavy atom. The second kappa shape index (κ2) is 6.48. The summed E-state index contributed by atoms with van der Waals surface area (Å²) in [6.07, 6.45) is -0.412. The fourth-order valence-corrected chi connectivity index (χ4v) is 2.00. The van der Waals surface area contributed by atoms with Crippen LogP contribution in [0.1, 0.15) is 26.5 Å². The van der Waals surface area contributed by atoms with Crippen LogP contribution in [0.2, 0.25) is 0 Å². The van der Waals surface area contributed by atoms with E-state index in [0.29, 0.717) is 6.54 Å². The van der Waals surface area contributed by atoms with Gasteiger partial charge in [0, 0.05) is 5.39 Å². The van der Waals surface area contributed by atoms with Gasteiger partial charge in [-0.3, -0.25) is 9.78 Å². The normalized spacial score (nSPS) is 12.6. The Kier molecular flexibility index (Phi) is 4.69. The molecule has 0 saturated carbocycles. The molecule has 1 atom stereocenters. The molecule has 0 unspecified atom stereocenters. The van der Waals surface area contributed by atoms with Crippen LogP contribution in [0, 0.1) is 0 Å². The first-order valence-corrected chi connectivity index (χ1v) is 6.84. The molecule has 0 fully saturated rings. The van der Waals surface area contributed by atoms with E-state index in [-0.39, 0.29) is 12.0 Å². The number of para-hydroxylation sites is 1. The molecule has 2 aromatic rings. The van der Waals surface area contributed by atoms with Crippen molar-refractivity contribution in [3.05, 3.63) is 42.1 Å². The molecule has 0 bridgehead atoms. The predicted molar refractivity (Wildman–Crippen MR) is 79.3 cm³/mol. The number of ether oxygens (including phenoxy) is 1. The van der Waals surface area contributed by atoms with Crippen LogP contribution in [0.3, 0.4) is 0 Å². The first-order chi connectivity index (χ1) is 9.56. The van der Waals surface area contributed by atoms with Crippen molar-refractivity contribution < 1.29 is 9.53 Å². The maximum atomic E-state index is 11.9. The van der Waals surface area contributed by atoms with Crippen LogP contribution >= 0.6 is 0 Å². The molecule has 1 amide bonds. The van der Waals surface area contributed by atoms with Gasteiger partial charge in [0.25, 0.3) is 0 Å². The second-order valence-corrected chi connectivity index (χ2v) is 5.04. The summed E-state index contributed by atoms with van der Waals surface area (Å²) in [5.74, 6) is -0.117. The summed E-state index contributed by atoms with van der Waals surface area (Å²) in [6.45, 7) is 5.99. The molecule has 0 radical (unpaired) electrons. The van der Waals surface area contributed by atoms with Gasteiger partial charge in [-0.25, -0.2) is 0 Å². The molecule has 1 heterocycles. The third-order valence-corrected chi connectivity index (χ3v) is 2.95. The lowest BCUT2D eigenvalue weighted by Gasteiger charge is -2.15. The topological polar surface area (TPSA) is 51.2 Å². The van der Waals surface area contributed by atoms with Gasteiger partial charge in [0.15, 0.2) is 0 Å². The quantitative estimate of drug-likeness (QED) is 0.910. The van der Waals surface area contributed by atoms with Crippen molar-refractivity contribution in [3.63, 3.8) is 0 Å². The highest BCUT2D eigenvalue weighted by molar-refractivity contribution is 5.80. The van der Waals surface area contributed by atoms with Crippen molar-refractivity contribution in [3.8, 4) is 0 Å². The third-order valence-electron chi connectivity index (χ3n) is 2.95. The van der Waals surface area contributed by atoms with E-state index in [1.165, 1.54) is 0 Å². The first-order valence-electron chi connectivity index (χ1n) is 6.84. The summed E-state index contributed by atoms with van der Waals surface area (Å²) in [6, 6.07) is 11.9. The molecule has 0 saturated heterocycles. The monoisotopic (exact) mass is 272 g/mol. The molecule has 0 aliphatic carbocycles. The average Bonchev–Trinajstić information content (AvgIpc) is 2.43. The van der Waals surface area contributed by atoms with Crippen molar-refractivity contribution in [2.45, 2.75) is 39.5 Å². The van der Waals surface area contributed by atoms with Crippen LogP contribution in [0.15, 0.2) is 36.4 Å². The molecule has 1 N–H and O–H groups in total. The van der Waals surface area contributed by atoms with Gasteiger partial charge in [0.1, 0.15) is 6.10 Å². The van der Waals surface area contributed by atoms with E-state index in [0.717, 1.165) is 16.6 Å². The van der Waals surface area contributed by atoms with Crippen molar-refractivity contribution in [2.24, 2.45) is 0 Å². The van der Waals surface area contributed by atoms with E-state index < -0.39 is 6.10 Å². The minimum absolute atomic E-state index is 0.0366. The lowest BCUT2D eigenvalue weighted by molar-refractivity contribution is -0.134. The maximum absolute atomic E-state index is 11.9. The Morgan fingerprint density at radius 3 is 2.70 bits per heavy atom. The lowest BCUT2D eigenvalue weighted by atomic mass is 10.2. The summed E-state index contributed by atoms with van der Waals surface area (Å²) in [7, 11) is 0. The molecule has 106 valence electrons. The number of carbonyl (C=O) groups is 1. The number of hydrogen-bond acceptors (Lipinski definition) is 3. The van der Waals surface area contributed by atoms with Crippen molar-refractivity contribution in [2.75, 3.05) is 0 Å². The molecular formula is C16H20N2O2. The number of pyridine rings is 1. The zero-order valence-corrected chi connectivity index (χ0v) is 12.1. The summed E-state index contributed by atoms with van der Waals surface area (Å²) < 4.78 is 5.44. The number of nitrogens with zero attached hydrogens (tertiary/aromatic N) is 1. The van der Waals surface area contributed by atoms with E-state index in [4.69, 9.17) is 4.74 Å². The second-order valence-electron chi connectivity index (χ2n) is 5.04. The van der Waals surface area contributed by atoms with Gasteiger partial charge < -0.3 is 10.1 Å². The average molecular weight is 272 g/mol. The van der Waals surface area contributed by atoms with Crippen LogP contribution in [0.25, 0.3) is 10.9 Å². The number of benzene rings is 1. The van der Waals surface area contributed by atoms with Crippen LogP contribution in [-0.4, -0.2) is 23.1 Å². The van der Waals surface area contributed by atoms with Crippen LogP contribution in [0.4, 0.5) is 0 Å². The molecular weight excluding hydrogens is 252 g/mol. The van der Waals surface area contributed by atoms with E-state index in [1.807, 2.05) is 50.2 Å². The Labute approximate surface area is 119 Å². The molecule has 4 heteroatoms. The Morgan fingerprint density at radius 1 is 1.20 bits per heavy atom. The number of aromatic nitrogens is 1. The zero-order valence-electron chi connectivity index (χ0n) is 12.1. The van der Waals surface area contributed by atoms with Crippen molar-refractivity contribution in [1.29, 1.82) is 0 Å². The van der Waals surface area contributed by atoms with Gasteiger partial charge in [-0.15, -0.1) is 0 Å². The molecule has 1 aromatic carbocycles. The third kappa shape index (κ3) is 3.78. The van der Waals surface area contributed by atoms with E-state index in [1.54, 1.807) is 6.92 Å². The van der Waals surface area contributed by atoms with Crippen LogP contribution in [0.5, 0.6) is 0 Å². The van der Waals surface area contributed by atoms with E-state index >= 15 is 0 Å². The van der Waals surface area contributed by atoms with E-state index in [2.05, 4.69) is 10.3 Å². The first kappa shape index (κ1) is 14.5. The summed E-state index contributed by atoms with van der Waals surface area (Å²) in [5.41, 5.74) is 1.78. The standard InChI is InChI=1S/C16H20N2O2/c1-11(2)20-12(3)16(19)17-10-14-9-8-13-6-4-5-7-15(13)18-14/h4-9,11-12H,10H2,1-3H3,(H,17,19)/t12-/m1/s1. The molecule has 0 spiro atoms. The number of carbonyl (C=O) groups excluding carboxylic acids is 1. The number of rotatable bonds is 5. The van der Waals surface area contributed by atoms with E-state index in [9.17, 15) is 4.79 Å². The van der Waals surface area contributed by atoms with Crippen molar-refractivity contribution in [1.82, 2.24) is 10.3 Å². The van der Waals surface area contributed by atoms with Gasteiger partial charge in [0.2, 0.25) is 5.91 Å². The summed E-state index contributed by atoms with van der Waals surface area (Å²) in [4.78, 5) is 16.4. The van der Waals surface area contributed by atoms with Crippen molar-refractivity contribution >= 4 is 16.8 Å². The van der Waals surface area contributed by atoms with Crippen LogP contribution in [-0.2, 0) is 16.1 Å². The molecule has 0 aliphatic heterocycles. The largest absolute Gasteiger partial charge is 0.366 e. The minimum atomic E-state index is -0.449. The lowest BCUT2D eigenvalue weighted by Crippen LogP contribution is -2.35. The Bertz CT molecular complexity index is 596. The van der Waals surface area contributed by atoms with Gasteiger partial charge in [-0.1, -0.05) is 24.3 Å². The highest BCUT2D eigenvalue weighted by Gasteiger charge is 2.14. The number of amides is 1. The number of hydrogen-bond donors (Lipinski definition) is 1. The van der Waals surface area contributed by atoms with Crippen LogP contribution < -0.4 is 5.32 Å². The predicted octanol–water partition coefficient (Wildman–Crippen LogP) is 2.66. The highest BCUT2D eigenvalue weighted by Crippen LogP contribution is 2.11. The summed E-state index contributed by atoms with van der Waals surface area (Å²) >= 11 is 0. The van der Waals surface area contributed by atoms with Gasteiger partial charge >= 0.3 is 0 Å². The molecule has 4 nitrogen and oxygen atoms in total. The number of fused-ring (bicyclic) bond motifs is 1. The van der Waals surface area contributed by atoms with Gasteiger partial charge in [-0.2, -0.15) is 0 Å². The molecule has 20 heavy (non-hydrogen) atoms. The van der Waals surface area contributed by atoms with Gasteiger partial charge in [-0.05, 0) is 32.9 Å². The maximum Gasteiger partial charge on any atom is 0.249 e. The smallest absolute Gasteiger partial charge is 0.249 e. The molecule has 0 aliphatic rings. The highest BCUT2D eigenvalue weighted by atomic mass is 16.5. The number of nitrogens with one attached hydrogen (secondary N) is 1. The Hall–Kier alpha value is -1.94. The minimum Gasteiger partial charge on any atom is -0.366 e. The fourth-order valence-electron chi connectivity index (χ4n) is 2.00. The fraction of sp³-hybridized carbons (Fsp3) is 0.375. The molecule has 1 aromatic heterocycles. The SMILES string of the molecule is CC(C)O[C@H](C)C(=O)NCc1ccc2ccccc2n1. The zero-order chi connectivity index (χ0) is 14.5. The van der Waals surface area contributed by atoms with Gasteiger partial charge in [0.05, 0.1) is 23.9 Å². The Balaban J connectivity index is 1.97. The summed E-state index contributed by atoms with van der Waals surface area (Å²) in [5, 5.41) is 3.94. The molecule has 2 rings (SSSR count).